The average Bonchev–Trinajstić information content (AvgIpc) is 2.17. The number of methoxy groups -OCH3 is 2. The van der Waals surface area contributed by atoms with Crippen LogP contribution in [0.2, 0.25) is 0 Å². The molecule has 0 aromatic carbocycles. The lowest BCUT2D eigenvalue weighted by molar-refractivity contribution is 0.158. The van der Waals surface area contributed by atoms with Crippen molar-refractivity contribution in [1.82, 2.24) is 9.97 Å². The van der Waals surface area contributed by atoms with Crippen molar-refractivity contribution >= 4 is 5.82 Å². The Balaban J connectivity index is 2.97. The summed E-state index contributed by atoms with van der Waals surface area (Å²) in [6, 6.07) is 0. The van der Waals surface area contributed by atoms with E-state index in [0.717, 1.165) is 0 Å². The zero-order valence-electron chi connectivity index (χ0n) is 9.96. The van der Waals surface area contributed by atoms with Crippen molar-refractivity contribution in [2.75, 3.05) is 26.1 Å². The Morgan fingerprint density at radius 3 is 2.75 bits per heavy atom. The molecule has 2 N–H and O–H groups in total. The standard InChI is InChI=1S/C10H17N3O3/c1-10(2,5-15-3)13-8-7(16-4)9(14)12-6-11-8/h6H,5H2,1-4H3,(H2,11,12,13,14). The molecule has 0 aliphatic rings. The molecule has 0 saturated carbocycles. The fraction of sp³-hybridized carbons (Fsp3) is 0.600. The third-order valence-electron chi connectivity index (χ3n) is 1.98. The predicted molar refractivity (Wildman–Crippen MR) is 61.0 cm³/mol. The van der Waals surface area contributed by atoms with E-state index in [1.54, 1.807) is 7.11 Å². The van der Waals surface area contributed by atoms with Gasteiger partial charge in [0.1, 0.15) is 0 Å². The lowest BCUT2D eigenvalue weighted by atomic mass is 10.1. The molecule has 0 unspecified atom stereocenters. The van der Waals surface area contributed by atoms with E-state index < -0.39 is 0 Å². The second kappa shape index (κ2) is 4.98. The molecule has 6 heteroatoms. The molecule has 90 valence electrons. The van der Waals surface area contributed by atoms with Crippen LogP contribution in [0, 0.1) is 0 Å². The largest absolute Gasteiger partial charge is 0.489 e. The van der Waals surface area contributed by atoms with Gasteiger partial charge in [0.25, 0.3) is 5.56 Å². The topological polar surface area (TPSA) is 76.2 Å². The third kappa shape index (κ3) is 2.96. The second-order valence-corrected chi connectivity index (χ2v) is 4.06. The van der Waals surface area contributed by atoms with Gasteiger partial charge in [0, 0.05) is 7.11 Å². The maximum Gasteiger partial charge on any atom is 0.295 e. The van der Waals surface area contributed by atoms with Crippen molar-refractivity contribution in [3.63, 3.8) is 0 Å². The van der Waals surface area contributed by atoms with E-state index in [-0.39, 0.29) is 16.8 Å². The van der Waals surface area contributed by atoms with Crippen LogP contribution >= 0.6 is 0 Å². The molecule has 0 radical (unpaired) electrons. The number of aromatic nitrogens is 2. The molecule has 6 nitrogen and oxygen atoms in total. The van der Waals surface area contributed by atoms with Gasteiger partial charge in [-0.25, -0.2) is 4.98 Å². The summed E-state index contributed by atoms with van der Waals surface area (Å²) >= 11 is 0. The van der Waals surface area contributed by atoms with Gasteiger partial charge in [0.2, 0.25) is 5.75 Å². The van der Waals surface area contributed by atoms with E-state index in [0.29, 0.717) is 12.4 Å². The van der Waals surface area contributed by atoms with Crippen molar-refractivity contribution in [3.8, 4) is 5.75 Å². The van der Waals surface area contributed by atoms with Gasteiger partial charge in [0.05, 0.1) is 25.6 Å². The summed E-state index contributed by atoms with van der Waals surface area (Å²) in [4.78, 5) is 17.9. The molecular formula is C10H17N3O3. The van der Waals surface area contributed by atoms with E-state index >= 15 is 0 Å². The van der Waals surface area contributed by atoms with Crippen LogP contribution < -0.4 is 15.6 Å². The summed E-state index contributed by atoms with van der Waals surface area (Å²) in [6.07, 6.45) is 1.33. The van der Waals surface area contributed by atoms with E-state index in [4.69, 9.17) is 9.47 Å². The van der Waals surface area contributed by atoms with Gasteiger partial charge in [-0.15, -0.1) is 0 Å². The van der Waals surface area contributed by atoms with Gasteiger partial charge >= 0.3 is 0 Å². The number of nitrogens with one attached hydrogen (secondary N) is 2. The highest BCUT2D eigenvalue weighted by molar-refractivity contribution is 5.49. The molecule has 0 spiro atoms. The number of hydrogen-bond acceptors (Lipinski definition) is 5. The summed E-state index contributed by atoms with van der Waals surface area (Å²) in [5, 5.41) is 3.10. The van der Waals surface area contributed by atoms with Crippen LogP contribution in [-0.4, -0.2) is 36.3 Å². The lowest BCUT2D eigenvalue weighted by Gasteiger charge is -2.26. The first-order valence-corrected chi connectivity index (χ1v) is 4.89. The molecule has 0 fully saturated rings. The SMILES string of the molecule is COCC(C)(C)Nc1nc[nH]c(=O)c1OC. The summed E-state index contributed by atoms with van der Waals surface area (Å²) < 4.78 is 10.1. The minimum absolute atomic E-state index is 0.173. The number of rotatable bonds is 5. The summed E-state index contributed by atoms with van der Waals surface area (Å²) in [6.45, 7) is 4.38. The van der Waals surface area contributed by atoms with Crippen LogP contribution in [-0.2, 0) is 4.74 Å². The van der Waals surface area contributed by atoms with Gasteiger partial charge in [0.15, 0.2) is 5.82 Å². The van der Waals surface area contributed by atoms with Crippen molar-refractivity contribution < 1.29 is 9.47 Å². The smallest absolute Gasteiger partial charge is 0.295 e. The number of ether oxygens (including phenoxy) is 2. The predicted octanol–water partition coefficient (Wildman–Crippen LogP) is 0.615. The minimum atomic E-state index is -0.331. The second-order valence-electron chi connectivity index (χ2n) is 4.06. The number of H-pyrrole nitrogens is 1. The van der Waals surface area contributed by atoms with Gasteiger partial charge in [-0.3, -0.25) is 4.79 Å². The monoisotopic (exact) mass is 227 g/mol. The zero-order chi connectivity index (χ0) is 12.2. The van der Waals surface area contributed by atoms with Crippen molar-refractivity contribution in [2.24, 2.45) is 0 Å². The van der Waals surface area contributed by atoms with Crippen LogP contribution in [0.25, 0.3) is 0 Å². The highest BCUT2D eigenvalue weighted by atomic mass is 16.5. The summed E-state index contributed by atoms with van der Waals surface area (Å²) in [5.74, 6) is 0.583. The number of nitrogens with zero attached hydrogens (tertiary/aromatic N) is 1. The molecule has 0 saturated heterocycles. The van der Waals surface area contributed by atoms with Gasteiger partial charge in [-0.2, -0.15) is 0 Å². The molecule has 1 heterocycles. The average molecular weight is 227 g/mol. The van der Waals surface area contributed by atoms with Crippen molar-refractivity contribution in [3.05, 3.63) is 16.7 Å². The van der Waals surface area contributed by atoms with E-state index in [2.05, 4.69) is 15.3 Å². The Bertz CT molecular complexity index is 401. The van der Waals surface area contributed by atoms with Crippen molar-refractivity contribution in [1.29, 1.82) is 0 Å². The molecule has 1 aromatic rings. The maximum absolute atomic E-state index is 11.4. The molecule has 0 aliphatic heterocycles. The Hall–Kier alpha value is -1.56. The van der Waals surface area contributed by atoms with Gasteiger partial charge in [-0.1, -0.05) is 0 Å². The third-order valence-corrected chi connectivity index (χ3v) is 1.98. The molecule has 0 atom stereocenters. The normalized spacial score (nSPS) is 11.2. The van der Waals surface area contributed by atoms with Crippen LogP contribution in [0.15, 0.2) is 11.1 Å². The molecule has 0 amide bonds. The highest BCUT2D eigenvalue weighted by Gasteiger charge is 2.20. The molecule has 16 heavy (non-hydrogen) atoms. The van der Waals surface area contributed by atoms with E-state index in [1.165, 1.54) is 13.4 Å². The Kier molecular flexibility index (Phi) is 3.89. The zero-order valence-corrected chi connectivity index (χ0v) is 9.96. The first-order valence-electron chi connectivity index (χ1n) is 4.89. The summed E-state index contributed by atoms with van der Waals surface area (Å²) in [5.41, 5.74) is -0.642. The van der Waals surface area contributed by atoms with Gasteiger partial charge in [-0.05, 0) is 13.8 Å². The lowest BCUT2D eigenvalue weighted by Crippen LogP contribution is -2.37. The molecule has 1 rings (SSSR count). The highest BCUT2D eigenvalue weighted by Crippen LogP contribution is 2.19. The summed E-state index contributed by atoms with van der Waals surface area (Å²) in [7, 11) is 3.05. The van der Waals surface area contributed by atoms with E-state index in [1.807, 2.05) is 13.8 Å². The number of hydrogen-bond donors (Lipinski definition) is 2. The van der Waals surface area contributed by atoms with Crippen LogP contribution in [0.4, 0.5) is 5.82 Å². The molecular weight excluding hydrogens is 210 g/mol. The van der Waals surface area contributed by atoms with Crippen LogP contribution in [0.3, 0.4) is 0 Å². The van der Waals surface area contributed by atoms with E-state index in [9.17, 15) is 4.79 Å². The number of aromatic amines is 1. The van der Waals surface area contributed by atoms with Gasteiger partial charge < -0.3 is 19.8 Å². The Labute approximate surface area is 94.0 Å². The Morgan fingerprint density at radius 1 is 1.50 bits per heavy atom. The number of anilines is 1. The fourth-order valence-corrected chi connectivity index (χ4v) is 1.38. The van der Waals surface area contributed by atoms with Crippen molar-refractivity contribution in [2.45, 2.75) is 19.4 Å². The maximum atomic E-state index is 11.4. The molecule has 0 bridgehead atoms. The Morgan fingerprint density at radius 2 is 2.19 bits per heavy atom. The van der Waals surface area contributed by atoms with Crippen LogP contribution in [0.1, 0.15) is 13.8 Å². The van der Waals surface area contributed by atoms with Crippen LogP contribution in [0.5, 0.6) is 5.75 Å². The first kappa shape index (κ1) is 12.5. The molecule has 0 aliphatic carbocycles. The first-order chi connectivity index (χ1) is 7.50. The fourth-order valence-electron chi connectivity index (χ4n) is 1.38. The quantitative estimate of drug-likeness (QED) is 0.771. The molecule has 1 aromatic heterocycles. The minimum Gasteiger partial charge on any atom is -0.489 e.